The average Bonchev–Trinajstić information content (AvgIpc) is 2.44. The van der Waals surface area contributed by atoms with Crippen LogP contribution in [0, 0.1) is 17.3 Å². The Morgan fingerprint density at radius 1 is 1.19 bits per heavy atom. The molecule has 21 heavy (non-hydrogen) atoms. The monoisotopic (exact) mass is 295 g/mol. The zero-order valence-corrected chi connectivity index (χ0v) is 14.8. The van der Waals surface area contributed by atoms with Crippen LogP contribution in [-0.2, 0) is 4.74 Å². The van der Waals surface area contributed by atoms with Crippen LogP contribution < -0.4 is 5.32 Å². The predicted molar refractivity (Wildman–Crippen MR) is 90.6 cm³/mol. The standard InChI is InChI=1S/C19H37NO/c1-16(2)15-20-12-11-18(3,4)17-8-13-21-19(14-17)9-6-5-7-10-19/h16-17,20H,5-15H2,1-4H3. The van der Waals surface area contributed by atoms with Crippen LogP contribution in [0.2, 0.25) is 0 Å². The van der Waals surface area contributed by atoms with Gasteiger partial charge < -0.3 is 10.1 Å². The summed E-state index contributed by atoms with van der Waals surface area (Å²) in [5, 5.41) is 3.62. The van der Waals surface area contributed by atoms with E-state index in [2.05, 4.69) is 33.0 Å². The van der Waals surface area contributed by atoms with Gasteiger partial charge in [0.15, 0.2) is 0 Å². The van der Waals surface area contributed by atoms with Crippen molar-refractivity contribution in [2.75, 3.05) is 19.7 Å². The van der Waals surface area contributed by atoms with Gasteiger partial charge in [-0.05, 0) is 62.4 Å². The Balaban J connectivity index is 1.83. The Hall–Kier alpha value is -0.0800. The summed E-state index contributed by atoms with van der Waals surface area (Å²) in [5.41, 5.74) is 0.696. The summed E-state index contributed by atoms with van der Waals surface area (Å²) in [4.78, 5) is 0. The van der Waals surface area contributed by atoms with Crippen molar-refractivity contribution < 1.29 is 4.74 Å². The van der Waals surface area contributed by atoms with Crippen LogP contribution in [-0.4, -0.2) is 25.3 Å². The fourth-order valence-corrected chi connectivity index (χ4v) is 4.24. The molecule has 0 aromatic carbocycles. The summed E-state index contributed by atoms with van der Waals surface area (Å²) < 4.78 is 6.27. The topological polar surface area (TPSA) is 21.3 Å². The fraction of sp³-hybridized carbons (Fsp3) is 1.00. The number of rotatable bonds is 6. The summed E-state index contributed by atoms with van der Waals surface area (Å²) in [5.74, 6) is 1.59. The summed E-state index contributed by atoms with van der Waals surface area (Å²) in [6.07, 6.45) is 10.7. The molecule has 1 heterocycles. The molecule has 1 saturated carbocycles. The Bertz CT molecular complexity index is 299. The van der Waals surface area contributed by atoms with Crippen LogP contribution in [0.4, 0.5) is 0 Å². The fourth-order valence-electron chi connectivity index (χ4n) is 4.24. The van der Waals surface area contributed by atoms with E-state index >= 15 is 0 Å². The molecule has 2 nitrogen and oxygen atoms in total. The van der Waals surface area contributed by atoms with Crippen molar-refractivity contribution in [3.63, 3.8) is 0 Å². The SMILES string of the molecule is CC(C)CNCCC(C)(C)C1CCOC2(CCCCC2)C1. The van der Waals surface area contributed by atoms with Crippen LogP contribution in [0.5, 0.6) is 0 Å². The minimum Gasteiger partial charge on any atom is -0.375 e. The van der Waals surface area contributed by atoms with Gasteiger partial charge in [0.05, 0.1) is 5.60 Å². The minimum atomic E-state index is 0.254. The number of nitrogens with one attached hydrogen (secondary N) is 1. The molecule has 2 fully saturated rings. The molecule has 1 saturated heterocycles. The largest absolute Gasteiger partial charge is 0.375 e. The van der Waals surface area contributed by atoms with Crippen molar-refractivity contribution in [1.29, 1.82) is 0 Å². The van der Waals surface area contributed by atoms with E-state index in [0.29, 0.717) is 5.41 Å². The highest BCUT2D eigenvalue weighted by Crippen LogP contribution is 2.47. The molecule has 2 heteroatoms. The van der Waals surface area contributed by atoms with Gasteiger partial charge in [-0.1, -0.05) is 47.0 Å². The number of ether oxygens (including phenoxy) is 1. The molecule has 1 aliphatic heterocycles. The molecule has 0 amide bonds. The minimum absolute atomic E-state index is 0.254. The zero-order valence-electron chi connectivity index (χ0n) is 14.8. The van der Waals surface area contributed by atoms with Gasteiger partial charge in [-0.15, -0.1) is 0 Å². The molecule has 1 spiro atoms. The smallest absolute Gasteiger partial charge is 0.0685 e. The first kappa shape index (κ1) is 17.3. The van der Waals surface area contributed by atoms with E-state index < -0.39 is 0 Å². The van der Waals surface area contributed by atoms with Crippen molar-refractivity contribution in [3.05, 3.63) is 0 Å². The molecule has 0 bridgehead atoms. The maximum Gasteiger partial charge on any atom is 0.0685 e. The van der Waals surface area contributed by atoms with Crippen LogP contribution in [0.3, 0.4) is 0 Å². The lowest BCUT2D eigenvalue weighted by Gasteiger charge is -2.48. The molecule has 1 aliphatic carbocycles. The molecule has 1 atom stereocenters. The molecule has 0 aromatic heterocycles. The first-order chi connectivity index (χ1) is 9.94. The quantitative estimate of drug-likeness (QED) is 0.712. The second kappa shape index (κ2) is 7.46. The lowest BCUT2D eigenvalue weighted by Crippen LogP contribution is -2.45. The van der Waals surface area contributed by atoms with E-state index in [1.165, 1.54) is 51.4 Å². The second-order valence-electron chi connectivity index (χ2n) is 8.62. The normalized spacial score (nSPS) is 26.4. The Labute approximate surface area is 132 Å². The van der Waals surface area contributed by atoms with Gasteiger partial charge in [0.25, 0.3) is 0 Å². The number of hydrogen-bond acceptors (Lipinski definition) is 2. The molecular formula is C19H37NO. The van der Waals surface area contributed by atoms with Gasteiger partial charge in [0.1, 0.15) is 0 Å². The van der Waals surface area contributed by atoms with Gasteiger partial charge in [-0.3, -0.25) is 0 Å². The summed E-state index contributed by atoms with van der Waals surface area (Å²) in [6.45, 7) is 12.8. The van der Waals surface area contributed by atoms with Gasteiger partial charge in [0.2, 0.25) is 0 Å². The van der Waals surface area contributed by atoms with Crippen molar-refractivity contribution >= 4 is 0 Å². The van der Waals surface area contributed by atoms with E-state index in [0.717, 1.165) is 31.5 Å². The predicted octanol–water partition coefficient (Wildman–Crippen LogP) is 4.78. The average molecular weight is 296 g/mol. The van der Waals surface area contributed by atoms with E-state index in [1.807, 2.05) is 0 Å². The lowest BCUT2D eigenvalue weighted by molar-refractivity contribution is -0.134. The van der Waals surface area contributed by atoms with Crippen LogP contribution in [0.25, 0.3) is 0 Å². The molecule has 0 aromatic rings. The third-order valence-corrected chi connectivity index (χ3v) is 5.86. The van der Waals surface area contributed by atoms with Gasteiger partial charge in [0, 0.05) is 6.61 Å². The third kappa shape index (κ3) is 4.96. The maximum atomic E-state index is 6.27. The van der Waals surface area contributed by atoms with E-state index in [-0.39, 0.29) is 5.60 Å². The van der Waals surface area contributed by atoms with Crippen LogP contribution in [0.1, 0.15) is 79.1 Å². The van der Waals surface area contributed by atoms with Crippen molar-refractivity contribution in [2.24, 2.45) is 17.3 Å². The lowest BCUT2D eigenvalue weighted by atomic mass is 9.66. The van der Waals surface area contributed by atoms with Gasteiger partial charge in [-0.25, -0.2) is 0 Å². The zero-order chi connectivity index (χ0) is 15.3. The highest BCUT2D eigenvalue weighted by atomic mass is 16.5. The molecule has 2 aliphatic rings. The van der Waals surface area contributed by atoms with Crippen LogP contribution >= 0.6 is 0 Å². The van der Waals surface area contributed by atoms with Gasteiger partial charge >= 0.3 is 0 Å². The molecule has 1 N–H and O–H groups in total. The first-order valence-electron chi connectivity index (χ1n) is 9.28. The van der Waals surface area contributed by atoms with Gasteiger partial charge in [-0.2, -0.15) is 0 Å². The molecule has 2 rings (SSSR count). The molecule has 124 valence electrons. The highest BCUT2D eigenvalue weighted by Gasteiger charge is 2.42. The number of hydrogen-bond donors (Lipinski definition) is 1. The van der Waals surface area contributed by atoms with Crippen molar-refractivity contribution in [2.45, 2.75) is 84.7 Å². The maximum absolute atomic E-state index is 6.27. The second-order valence-corrected chi connectivity index (χ2v) is 8.62. The molecule has 1 unspecified atom stereocenters. The first-order valence-corrected chi connectivity index (χ1v) is 9.28. The Kier molecular flexibility index (Phi) is 6.14. The van der Waals surface area contributed by atoms with Crippen LogP contribution in [0.15, 0.2) is 0 Å². The molecule has 0 radical (unpaired) electrons. The summed E-state index contributed by atoms with van der Waals surface area (Å²) >= 11 is 0. The van der Waals surface area contributed by atoms with E-state index in [1.54, 1.807) is 0 Å². The van der Waals surface area contributed by atoms with Crippen molar-refractivity contribution in [1.82, 2.24) is 5.32 Å². The summed E-state index contributed by atoms with van der Waals surface area (Å²) in [6, 6.07) is 0. The summed E-state index contributed by atoms with van der Waals surface area (Å²) in [7, 11) is 0. The van der Waals surface area contributed by atoms with E-state index in [9.17, 15) is 0 Å². The molecular weight excluding hydrogens is 258 g/mol. The Morgan fingerprint density at radius 2 is 1.90 bits per heavy atom. The highest BCUT2D eigenvalue weighted by molar-refractivity contribution is 4.93. The van der Waals surface area contributed by atoms with Crippen molar-refractivity contribution in [3.8, 4) is 0 Å². The van der Waals surface area contributed by atoms with E-state index in [4.69, 9.17) is 4.74 Å². The Morgan fingerprint density at radius 3 is 2.57 bits per heavy atom. The third-order valence-electron chi connectivity index (χ3n) is 5.86.